The summed E-state index contributed by atoms with van der Waals surface area (Å²) < 4.78 is 11.6. The standard InChI is InChI=1S/C50H94N2O6/c1-5-8-11-14-17-18-19-25-33-43-57-46(53)38-30-26-32-41-52(42-34-37-45-48(51-4)50(56)49(45)55)40-31-24-20-23-29-39-47(54)58-44(35-27-21-15-12-9-6-2)36-28-22-16-13-10-7-3/h44-45,48,51H,5-43H2,1-4H3. The van der Waals surface area contributed by atoms with Crippen molar-refractivity contribution < 1.29 is 28.7 Å². The van der Waals surface area contributed by atoms with Crippen LogP contribution in [0.5, 0.6) is 0 Å². The molecule has 8 nitrogen and oxygen atoms in total. The Bertz CT molecular complexity index is 989. The zero-order valence-electron chi connectivity index (χ0n) is 38.7. The number of carbonyl (C=O) groups is 4. The maximum atomic E-state index is 12.8. The summed E-state index contributed by atoms with van der Waals surface area (Å²) in [5.74, 6) is -0.748. The van der Waals surface area contributed by atoms with Gasteiger partial charge in [0.05, 0.1) is 12.6 Å². The second-order valence-electron chi connectivity index (χ2n) is 17.7. The molecular formula is C50H94N2O6. The van der Waals surface area contributed by atoms with Gasteiger partial charge in [0.2, 0.25) is 11.6 Å². The molecule has 0 radical (unpaired) electrons. The third kappa shape index (κ3) is 29.4. The van der Waals surface area contributed by atoms with Crippen LogP contribution in [0.3, 0.4) is 0 Å². The molecule has 1 fully saturated rings. The van der Waals surface area contributed by atoms with Gasteiger partial charge in [-0.3, -0.25) is 19.2 Å². The van der Waals surface area contributed by atoms with Gasteiger partial charge in [-0.15, -0.1) is 0 Å². The van der Waals surface area contributed by atoms with Gasteiger partial charge in [0.1, 0.15) is 6.10 Å². The van der Waals surface area contributed by atoms with E-state index in [-0.39, 0.29) is 41.6 Å². The molecule has 1 aliphatic rings. The predicted octanol–water partition coefficient (Wildman–Crippen LogP) is 12.8. The van der Waals surface area contributed by atoms with Gasteiger partial charge in [-0.25, -0.2) is 0 Å². The molecule has 0 aromatic heterocycles. The second kappa shape index (κ2) is 39.3. The van der Waals surface area contributed by atoms with E-state index in [9.17, 15) is 19.2 Å². The molecule has 1 rings (SSSR count). The van der Waals surface area contributed by atoms with E-state index in [4.69, 9.17) is 9.47 Å². The van der Waals surface area contributed by atoms with Gasteiger partial charge in [-0.1, -0.05) is 162 Å². The summed E-state index contributed by atoms with van der Waals surface area (Å²) in [6.45, 7) is 10.2. The van der Waals surface area contributed by atoms with Crippen LogP contribution in [0.1, 0.15) is 245 Å². The van der Waals surface area contributed by atoms with E-state index in [0.29, 0.717) is 19.4 Å². The van der Waals surface area contributed by atoms with Gasteiger partial charge in [-0.2, -0.15) is 0 Å². The largest absolute Gasteiger partial charge is 0.466 e. The molecule has 0 bridgehead atoms. The molecule has 0 amide bonds. The summed E-state index contributed by atoms with van der Waals surface area (Å²) in [7, 11) is 1.76. The van der Waals surface area contributed by atoms with Crippen LogP contribution in [0.25, 0.3) is 0 Å². The minimum atomic E-state index is -0.315. The minimum absolute atomic E-state index is 0.00707. The molecular weight excluding hydrogens is 725 g/mol. The molecule has 2 unspecified atom stereocenters. The summed E-state index contributed by atoms with van der Waals surface area (Å²) >= 11 is 0. The number of unbranched alkanes of at least 4 members (excludes halogenated alkanes) is 24. The zero-order chi connectivity index (χ0) is 42.3. The highest BCUT2D eigenvalue weighted by Crippen LogP contribution is 2.25. The number of likely N-dealkylation sites (N-methyl/N-ethyl adjacent to an activating group) is 1. The molecule has 1 aliphatic carbocycles. The van der Waals surface area contributed by atoms with Crippen LogP contribution in [-0.4, -0.2) is 73.8 Å². The Morgan fingerprint density at radius 2 is 0.931 bits per heavy atom. The van der Waals surface area contributed by atoms with Crippen molar-refractivity contribution >= 4 is 23.5 Å². The van der Waals surface area contributed by atoms with E-state index in [0.717, 1.165) is 122 Å². The lowest BCUT2D eigenvalue weighted by Crippen LogP contribution is -2.59. The number of esters is 2. The zero-order valence-corrected chi connectivity index (χ0v) is 38.7. The van der Waals surface area contributed by atoms with Crippen molar-refractivity contribution in [1.29, 1.82) is 0 Å². The van der Waals surface area contributed by atoms with Crippen molar-refractivity contribution in [2.75, 3.05) is 33.3 Å². The first-order valence-electron chi connectivity index (χ1n) is 25.2. The number of nitrogens with zero attached hydrogens (tertiary/aromatic N) is 1. The quantitative estimate of drug-likeness (QED) is 0.0368. The van der Waals surface area contributed by atoms with E-state index >= 15 is 0 Å². The highest BCUT2D eigenvalue weighted by atomic mass is 16.5. The van der Waals surface area contributed by atoms with E-state index in [1.165, 1.54) is 109 Å². The van der Waals surface area contributed by atoms with Gasteiger partial charge in [-0.05, 0) is 97.3 Å². The van der Waals surface area contributed by atoms with Crippen molar-refractivity contribution in [3.63, 3.8) is 0 Å². The highest BCUT2D eigenvalue weighted by Gasteiger charge is 2.47. The van der Waals surface area contributed by atoms with Crippen molar-refractivity contribution in [2.24, 2.45) is 5.92 Å². The normalized spacial score (nSPS) is 15.4. The number of rotatable bonds is 44. The number of hydrogen-bond donors (Lipinski definition) is 1. The summed E-state index contributed by atoms with van der Waals surface area (Å²) in [6.07, 6.45) is 39.5. The van der Waals surface area contributed by atoms with Crippen LogP contribution in [0.2, 0.25) is 0 Å². The van der Waals surface area contributed by atoms with Gasteiger partial charge < -0.3 is 19.7 Å². The maximum absolute atomic E-state index is 12.8. The first-order valence-corrected chi connectivity index (χ1v) is 25.2. The van der Waals surface area contributed by atoms with Crippen LogP contribution in [0.15, 0.2) is 0 Å². The van der Waals surface area contributed by atoms with Crippen molar-refractivity contribution in [3.8, 4) is 0 Å². The van der Waals surface area contributed by atoms with Crippen molar-refractivity contribution in [3.05, 3.63) is 0 Å². The third-order valence-corrected chi connectivity index (χ3v) is 12.3. The van der Waals surface area contributed by atoms with E-state index in [2.05, 4.69) is 31.0 Å². The number of nitrogens with one attached hydrogen (secondary N) is 1. The predicted molar refractivity (Wildman–Crippen MR) is 242 cm³/mol. The number of hydrogen-bond acceptors (Lipinski definition) is 8. The Balaban J connectivity index is 2.35. The van der Waals surface area contributed by atoms with E-state index in [1.54, 1.807) is 7.05 Å². The highest BCUT2D eigenvalue weighted by molar-refractivity contribution is 6.47. The number of carbonyl (C=O) groups excluding carboxylic acids is 4. The lowest BCUT2D eigenvalue weighted by molar-refractivity contribution is -0.150. The van der Waals surface area contributed by atoms with Gasteiger partial charge in [0, 0.05) is 18.8 Å². The maximum Gasteiger partial charge on any atom is 0.306 e. The lowest BCUT2D eigenvalue weighted by atomic mass is 9.74. The minimum Gasteiger partial charge on any atom is -0.466 e. The molecule has 0 aromatic rings. The number of Topliss-reactive ketones (excluding diaryl/α,β-unsaturated/α-hetero) is 2. The molecule has 0 aromatic carbocycles. The SMILES string of the molecule is CCCCCCCCCCCOC(=O)CCCCCN(CCCCCCCC(=O)OC(CCCCCCCC)CCCCCCCC)CCCC1C(=O)C(=O)C1NC. The summed E-state index contributed by atoms with van der Waals surface area (Å²) in [6, 6.07) is -0.315. The summed E-state index contributed by atoms with van der Waals surface area (Å²) in [5.41, 5.74) is 0. The van der Waals surface area contributed by atoms with E-state index < -0.39 is 0 Å². The monoisotopic (exact) mass is 819 g/mol. The fourth-order valence-electron chi connectivity index (χ4n) is 8.47. The fourth-order valence-corrected chi connectivity index (χ4v) is 8.47. The van der Waals surface area contributed by atoms with Crippen LogP contribution in [-0.2, 0) is 28.7 Å². The molecule has 1 saturated carbocycles. The Kier molecular flexibility index (Phi) is 36.8. The number of ketones is 2. The fraction of sp³-hybridized carbons (Fsp3) is 0.920. The number of ether oxygens (including phenoxy) is 2. The average molecular weight is 819 g/mol. The average Bonchev–Trinajstić information content (AvgIpc) is 3.22. The Hall–Kier alpha value is -1.80. The van der Waals surface area contributed by atoms with Crippen LogP contribution >= 0.6 is 0 Å². The van der Waals surface area contributed by atoms with Crippen LogP contribution in [0, 0.1) is 5.92 Å². The summed E-state index contributed by atoms with van der Waals surface area (Å²) in [4.78, 5) is 51.7. The topological polar surface area (TPSA) is 102 Å². The van der Waals surface area contributed by atoms with Crippen molar-refractivity contribution in [1.82, 2.24) is 10.2 Å². The molecule has 0 spiro atoms. The molecule has 2 atom stereocenters. The van der Waals surface area contributed by atoms with Crippen LogP contribution in [0.4, 0.5) is 0 Å². The van der Waals surface area contributed by atoms with Crippen molar-refractivity contribution in [2.45, 2.75) is 258 Å². The Morgan fingerprint density at radius 1 is 0.517 bits per heavy atom. The first-order chi connectivity index (χ1) is 28.4. The molecule has 8 heteroatoms. The van der Waals surface area contributed by atoms with Crippen LogP contribution < -0.4 is 5.32 Å². The van der Waals surface area contributed by atoms with Gasteiger partial charge in [0.15, 0.2) is 0 Å². The Morgan fingerprint density at radius 3 is 1.45 bits per heavy atom. The molecule has 1 N–H and O–H groups in total. The first kappa shape index (κ1) is 54.2. The Labute approximate surface area is 358 Å². The van der Waals surface area contributed by atoms with Gasteiger partial charge in [0.25, 0.3) is 0 Å². The summed E-state index contributed by atoms with van der Waals surface area (Å²) in [5, 5.41) is 3.01. The molecule has 0 aliphatic heterocycles. The second-order valence-corrected chi connectivity index (χ2v) is 17.7. The molecule has 0 saturated heterocycles. The van der Waals surface area contributed by atoms with Gasteiger partial charge >= 0.3 is 11.9 Å². The van der Waals surface area contributed by atoms with E-state index in [1.807, 2.05) is 0 Å². The molecule has 0 heterocycles. The smallest absolute Gasteiger partial charge is 0.306 e. The molecule has 58 heavy (non-hydrogen) atoms. The lowest BCUT2D eigenvalue weighted by Gasteiger charge is -2.33. The third-order valence-electron chi connectivity index (χ3n) is 12.3. The molecule has 340 valence electrons.